The second-order valence-corrected chi connectivity index (χ2v) is 5.21. The maximum Gasteiger partial charge on any atom is 0.128 e. The van der Waals surface area contributed by atoms with E-state index >= 15 is 0 Å². The number of aryl methyl sites for hydroxylation is 1. The zero-order valence-electron chi connectivity index (χ0n) is 11.7. The molecule has 0 radical (unpaired) electrons. The van der Waals surface area contributed by atoms with Gasteiger partial charge in [0, 0.05) is 24.0 Å². The molecule has 2 rings (SSSR count). The molecule has 1 aromatic carbocycles. The van der Waals surface area contributed by atoms with Crippen molar-refractivity contribution < 1.29 is 4.39 Å². The van der Waals surface area contributed by atoms with Crippen LogP contribution in [0.3, 0.4) is 0 Å². The van der Waals surface area contributed by atoms with Gasteiger partial charge in [-0.1, -0.05) is 36.2 Å². The van der Waals surface area contributed by atoms with Gasteiger partial charge in [-0.05, 0) is 37.6 Å². The van der Waals surface area contributed by atoms with Crippen LogP contribution in [-0.2, 0) is 6.42 Å². The van der Waals surface area contributed by atoms with Gasteiger partial charge in [0.2, 0.25) is 0 Å². The average Bonchev–Trinajstić information content (AvgIpc) is 2.43. The van der Waals surface area contributed by atoms with Gasteiger partial charge >= 0.3 is 0 Å². The molecular weight excluding hydrogens is 275 g/mol. The SMILES string of the molecule is CCNC(Cc1ccncc1Cl)c1cc(C)ccc1F. The molecule has 0 bridgehead atoms. The Labute approximate surface area is 124 Å². The lowest BCUT2D eigenvalue weighted by Gasteiger charge is -2.20. The highest BCUT2D eigenvalue weighted by molar-refractivity contribution is 6.31. The average molecular weight is 293 g/mol. The van der Waals surface area contributed by atoms with Crippen molar-refractivity contribution in [1.29, 1.82) is 0 Å². The van der Waals surface area contributed by atoms with Gasteiger partial charge in [0.25, 0.3) is 0 Å². The second kappa shape index (κ2) is 6.82. The molecule has 0 fully saturated rings. The van der Waals surface area contributed by atoms with Crippen LogP contribution in [-0.4, -0.2) is 11.5 Å². The van der Waals surface area contributed by atoms with E-state index in [1.165, 1.54) is 6.07 Å². The van der Waals surface area contributed by atoms with E-state index in [0.717, 1.165) is 17.7 Å². The predicted molar refractivity (Wildman–Crippen MR) is 80.5 cm³/mol. The van der Waals surface area contributed by atoms with E-state index in [2.05, 4.69) is 10.3 Å². The van der Waals surface area contributed by atoms with Crippen LogP contribution in [0.1, 0.15) is 29.7 Å². The largest absolute Gasteiger partial charge is 0.310 e. The minimum atomic E-state index is -0.188. The quantitative estimate of drug-likeness (QED) is 0.898. The molecule has 1 unspecified atom stereocenters. The van der Waals surface area contributed by atoms with E-state index in [0.29, 0.717) is 17.0 Å². The van der Waals surface area contributed by atoms with Crippen LogP contribution >= 0.6 is 11.6 Å². The summed E-state index contributed by atoms with van der Waals surface area (Å²) in [7, 11) is 0. The summed E-state index contributed by atoms with van der Waals surface area (Å²) in [5.41, 5.74) is 2.69. The van der Waals surface area contributed by atoms with Gasteiger partial charge in [0.1, 0.15) is 5.82 Å². The summed E-state index contributed by atoms with van der Waals surface area (Å²) in [6.07, 6.45) is 3.96. The van der Waals surface area contributed by atoms with Gasteiger partial charge in [0.05, 0.1) is 5.02 Å². The van der Waals surface area contributed by atoms with E-state index in [4.69, 9.17) is 11.6 Å². The predicted octanol–water partition coefficient (Wildman–Crippen LogP) is 4.08. The zero-order valence-corrected chi connectivity index (χ0v) is 12.4. The van der Waals surface area contributed by atoms with E-state index in [1.54, 1.807) is 18.5 Å². The lowest BCUT2D eigenvalue weighted by Crippen LogP contribution is -2.24. The van der Waals surface area contributed by atoms with Crippen molar-refractivity contribution in [3.63, 3.8) is 0 Å². The maximum atomic E-state index is 14.1. The number of halogens is 2. The van der Waals surface area contributed by atoms with E-state index in [-0.39, 0.29) is 11.9 Å². The Morgan fingerprint density at radius 1 is 1.35 bits per heavy atom. The third-order valence-electron chi connectivity index (χ3n) is 3.26. The molecule has 0 saturated heterocycles. The van der Waals surface area contributed by atoms with Crippen LogP contribution in [0.4, 0.5) is 4.39 Å². The van der Waals surface area contributed by atoms with Crippen LogP contribution in [0, 0.1) is 12.7 Å². The van der Waals surface area contributed by atoms with Crippen LogP contribution in [0.15, 0.2) is 36.7 Å². The van der Waals surface area contributed by atoms with Crippen LogP contribution < -0.4 is 5.32 Å². The molecule has 0 aliphatic heterocycles. The first-order valence-electron chi connectivity index (χ1n) is 6.69. The highest BCUT2D eigenvalue weighted by atomic mass is 35.5. The molecule has 1 heterocycles. The summed E-state index contributed by atoms with van der Waals surface area (Å²) >= 11 is 6.14. The number of rotatable bonds is 5. The van der Waals surface area contributed by atoms with E-state index in [9.17, 15) is 4.39 Å². The van der Waals surface area contributed by atoms with E-state index < -0.39 is 0 Å². The van der Waals surface area contributed by atoms with Crippen molar-refractivity contribution in [3.05, 3.63) is 64.2 Å². The Hall–Kier alpha value is -1.45. The van der Waals surface area contributed by atoms with Crippen molar-refractivity contribution in [3.8, 4) is 0 Å². The van der Waals surface area contributed by atoms with E-state index in [1.807, 2.05) is 26.0 Å². The van der Waals surface area contributed by atoms with Gasteiger partial charge in [-0.2, -0.15) is 0 Å². The Morgan fingerprint density at radius 3 is 2.85 bits per heavy atom. The van der Waals surface area contributed by atoms with Gasteiger partial charge in [-0.25, -0.2) is 4.39 Å². The first-order valence-corrected chi connectivity index (χ1v) is 7.07. The topological polar surface area (TPSA) is 24.9 Å². The molecule has 0 aliphatic rings. The number of hydrogen-bond acceptors (Lipinski definition) is 2. The van der Waals surface area contributed by atoms with Gasteiger partial charge in [-0.3, -0.25) is 4.98 Å². The number of aromatic nitrogens is 1. The lowest BCUT2D eigenvalue weighted by molar-refractivity contribution is 0.509. The van der Waals surface area contributed by atoms with Crippen LogP contribution in [0.25, 0.3) is 0 Å². The summed E-state index contributed by atoms with van der Waals surface area (Å²) in [5.74, 6) is -0.188. The van der Waals surface area contributed by atoms with Gasteiger partial charge in [-0.15, -0.1) is 0 Å². The van der Waals surface area contributed by atoms with Crippen molar-refractivity contribution >= 4 is 11.6 Å². The molecule has 0 aliphatic carbocycles. The zero-order chi connectivity index (χ0) is 14.5. The number of likely N-dealkylation sites (N-methyl/N-ethyl adjacent to an activating group) is 1. The minimum absolute atomic E-state index is 0.0974. The highest BCUT2D eigenvalue weighted by Gasteiger charge is 2.17. The molecule has 1 aromatic heterocycles. The number of nitrogens with zero attached hydrogens (tertiary/aromatic N) is 1. The summed E-state index contributed by atoms with van der Waals surface area (Å²) in [5, 5.41) is 3.94. The molecule has 1 atom stereocenters. The van der Waals surface area contributed by atoms with Crippen LogP contribution in [0.2, 0.25) is 5.02 Å². The molecule has 0 saturated carbocycles. The lowest BCUT2D eigenvalue weighted by atomic mass is 9.97. The van der Waals surface area contributed by atoms with Crippen molar-refractivity contribution in [1.82, 2.24) is 10.3 Å². The van der Waals surface area contributed by atoms with Gasteiger partial charge < -0.3 is 5.32 Å². The summed E-state index contributed by atoms with van der Waals surface area (Å²) < 4.78 is 14.1. The molecule has 4 heteroatoms. The summed E-state index contributed by atoms with van der Waals surface area (Å²) in [6, 6.07) is 6.96. The molecular formula is C16H18ClFN2. The molecule has 20 heavy (non-hydrogen) atoms. The minimum Gasteiger partial charge on any atom is -0.310 e. The fourth-order valence-electron chi connectivity index (χ4n) is 2.26. The molecule has 0 amide bonds. The normalized spacial score (nSPS) is 12.4. The maximum absolute atomic E-state index is 14.1. The fourth-order valence-corrected chi connectivity index (χ4v) is 2.45. The second-order valence-electron chi connectivity index (χ2n) is 4.81. The summed E-state index contributed by atoms with van der Waals surface area (Å²) in [4.78, 5) is 3.98. The first-order chi connectivity index (χ1) is 9.61. The Kier molecular flexibility index (Phi) is 5.10. The Balaban J connectivity index is 2.32. The van der Waals surface area contributed by atoms with Crippen molar-refractivity contribution in [2.24, 2.45) is 0 Å². The molecule has 0 spiro atoms. The molecule has 2 aromatic rings. The Morgan fingerprint density at radius 2 is 2.15 bits per heavy atom. The highest BCUT2D eigenvalue weighted by Crippen LogP contribution is 2.25. The number of benzene rings is 1. The first kappa shape index (κ1) is 14.9. The number of pyridine rings is 1. The third-order valence-corrected chi connectivity index (χ3v) is 3.60. The smallest absolute Gasteiger partial charge is 0.128 e. The number of nitrogens with one attached hydrogen (secondary N) is 1. The fraction of sp³-hybridized carbons (Fsp3) is 0.312. The molecule has 1 N–H and O–H groups in total. The molecule has 2 nitrogen and oxygen atoms in total. The molecule has 106 valence electrons. The van der Waals surface area contributed by atoms with Crippen molar-refractivity contribution in [2.75, 3.05) is 6.54 Å². The number of hydrogen-bond donors (Lipinski definition) is 1. The third kappa shape index (κ3) is 3.56. The van der Waals surface area contributed by atoms with Crippen LogP contribution in [0.5, 0.6) is 0 Å². The van der Waals surface area contributed by atoms with Crippen molar-refractivity contribution in [2.45, 2.75) is 26.3 Å². The Bertz CT molecular complexity index is 586. The monoisotopic (exact) mass is 292 g/mol. The summed E-state index contributed by atoms with van der Waals surface area (Å²) in [6.45, 7) is 4.74. The van der Waals surface area contributed by atoms with Gasteiger partial charge in [0.15, 0.2) is 0 Å². The standard InChI is InChI=1S/C16H18ClFN2/c1-3-20-16(9-12-6-7-19-10-14(12)17)13-8-11(2)4-5-15(13)18/h4-8,10,16,20H,3,9H2,1-2H3.